The van der Waals surface area contributed by atoms with Gasteiger partial charge in [0.1, 0.15) is 12.2 Å². The SMILES string of the molecule is COC(=O)C1C(F)C(CN=[N+]=[N-])N1Cc1ccccc1. The van der Waals surface area contributed by atoms with E-state index in [1.54, 1.807) is 4.90 Å². The Kier molecular flexibility index (Phi) is 4.55. The van der Waals surface area contributed by atoms with E-state index in [0.29, 0.717) is 6.54 Å². The number of carbonyl (C=O) groups excluding carboxylic acids is 1. The normalized spacial score (nSPS) is 25.4. The highest BCUT2D eigenvalue weighted by Gasteiger charge is 2.53. The van der Waals surface area contributed by atoms with Gasteiger partial charge in [-0.3, -0.25) is 9.69 Å². The Morgan fingerprint density at radius 3 is 2.80 bits per heavy atom. The average Bonchev–Trinajstić information content (AvgIpc) is 2.48. The van der Waals surface area contributed by atoms with Gasteiger partial charge in [-0.25, -0.2) is 4.39 Å². The first-order valence-corrected chi connectivity index (χ1v) is 6.21. The van der Waals surface area contributed by atoms with Crippen LogP contribution in [0.3, 0.4) is 0 Å². The molecule has 3 atom stereocenters. The summed E-state index contributed by atoms with van der Waals surface area (Å²) < 4.78 is 18.7. The first-order chi connectivity index (χ1) is 9.69. The Labute approximate surface area is 115 Å². The van der Waals surface area contributed by atoms with Gasteiger partial charge in [-0.05, 0) is 11.1 Å². The third-order valence-corrected chi connectivity index (χ3v) is 3.44. The molecule has 1 aromatic rings. The minimum atomic E-state index is -1.38. The van der Waals surface area contributed by atoms with Gasteiger partial charge in [0.05, 0.1) is 7.11 Å². The number of hydrogen-bond acceptors (Lipinski definition) is 4. The standard InChI is InChI=1S/C13H15FN4O2/c1-20-13(19)12-11(14)10(7-16-17-15)18(12)8-9-5-3-2-4-6-9/h2-6,10-12H,7-8H2,1H3. The highest BCUT2D eigenvalue weighted by molar-refractivity contribution is 5.78. The number of halogens is 1. The summed E-state index contributed by atoms with van der Waals surface area (Å²) in [6.07, 6.45) is -1.38. The molecule has 6 nitrogen and oxygen atoms in total. The van der Waals surface area contributed by atoms with Crippen LogP contribution in [-0.4, -0.2) is 42.8 Å². The smallest absolute Gasteiger partial charge is 0.326 e. The second-order valence-electron chi connectivity index (χ2n) is 4.55. The number of esters is 1. The molecule has 106 valence electrons. The predicted molar refractivity (Wildman–Crippen MR) is 70.5 cm³/mol. The molecular formula is C13H15FN4O2. The molecule has 0 saturated carbocycles. The Morgan fingerprint density at radius 2 is 2.20 bits per heavy atom. The van der Waals surface area contributed by atoms with E-state index in [2.05, 4.69) is 14.8 Å². The number of ether oxygens (including phenoxy) is 1. The lowest BCUT2D eigenvalue weighted by molar-refractivity contribution is -0.167. The number of hydrogen-bond donors (Lipinski definition) is 0. The largest absolute Gasteiger partial charge is 0.468 e. The van der Waals surface area contributed by atoms with Crippen molar-refractivity contribution in [3.63, 3.8) is 0 Å². The Bertz CT molecular complexity index is 518. The van der Waals surface area contributed by atoms with Crippen molar-refractivity contribution in [3.8, 4) is 0 Å². The van der Waals surface area contributed by atoms with Gasteiger partial charge in [-0.2, -0.15) is 0 Å². The van der Waals surface area contributed by atoms with E-state index < -0.39 is 24.2 Å². The first kappa shape index (κ1) is 14.3. The fourth-order valence-electron chi connectivity index (χ4n) is 2.40. The molecule has 2 rings (SSSR count). The molecule has 0 spiro atoms. The summed E-state index contributed by atoms with van der Waals surface area (Å²) in [5.74, 6) is -0.606. The minimum absolute atomic E-state index is 0.00199. The molecule has 0 radical (unpaired) electrons. The molecule has 0 N–H and O–H groups in total. The fraction of sp³-hybridized carbons (Fsp3) is 0.462. The number of carbonyl (C=O) groups is 1. The van der Waals surface area contributed by atoms with Crippen LogP contribution < -0.4 is 0 Å². The summed E-state index contributed by atoms with van der Waals surface area (Å²) in [5, 5.41) is 3.40. The maximum atomic E-state index is 14.0. The molecule has 0 aliphatic carbocycles. The Morgan fingerprint density at radius 1 is 1.50 bits per heavy atom. The van der Waals surface area contributed by atoms with Crippen LogP contribution in [0.25, 0.3) is 10.4 Å². The van der Waals surface area contributed by atoms with Crippen LogP contribution in [0, 0.1) is 0 Å². The topological polar surface area (TPSA) is 78.3 Å². The van der Waals surface area contributed by atoms with E-state index in [4.69, 9.17) is 5.53 Å². The summed E-state index contributed by atoms with van der Waals surface area (Å²) in [6.45, 7) is 0.407. The zero-order chi connectivity index (χ0) is 14.5. The number of azide groups is 1. The van der Waals surface area contributed by atoms with Gasteiger partial charge in [0.25, 0.3) is 0 Å². The second kappa shape index (κ2) is 6.36. The van der Waals surface area contributed by atoms with Gasteiger partial charge < -0.3 is 4.74 Å². The van der Waals surface area contributed by atoms with E-state index in [9.17, 15) is 9.18 Å². The third kappa shape index (κ3) is 2.74. The summed E-state index contributed by atoms with van der Waals surface area (Å²) in [6, 6.07) is 7.89. The summed E-state index contributed by atoms with van der Waals surface area (Å²) in [4.78, 5) is 15.9. The number of rotatable bonds is 5. The van der Waals surface area contributed by atoms with Crippen LogP contribution in [-0.2, 0) is 16.1 Å². The predicted octanol–water partition coefficient (Wildman–Crippen LogP) is 2.06. The van der Waals surface area contributed by atoms with Crippen LogP contribution in [0.2, 0.25) is 0 Å². The third-order valence-electron chi connectivity index (χ3n) is 3.44. The molecule has 1 fully saturated rings. The highest BCUT2D eigenvalue weighted by atomic mass is 19.1. The number of likely N-dealkylation sites (tertiary alicyclic amines) is 1. The van der Waals surface area contributed by atoms with Crippen molar-refractivity contribution in [2.45, 2.75) is 24.8 Å². The van der Waals surface area contributed by atoms with Crippen molar-refractivity contribution in [2.24, 2.45) is 5.11 Å². The molecule has 7 heteroatoms. The van der Waals surface area contributed by atoms with Gasteiger partial charge in [0.15, 0.2) is 0 Å². The van der Waals surface area contributed by atoms with Crippen molar-refractivity contribution >= 4 is 5.97 Å². The molecule has 3 unspecified atom stereocenters. The van der Waals surface area contributed by atoms with Crippen LogP contribution >= 0.6 is 0 Å². The highest BCUT2D eigenvalue weighted by Crippen LogP contribution is 2.32. The van der Waals surface area contributed by atoms with Gasteiger partial charge >= 0.3 is 5.97 Å². The maximum absolute atomic E-state index is 14.0. The molecule has 20 heavy (non-hydrogen) atoms. The average molecular weight is 278 g/mol. The van der Waals surface area contributed by atoms with Crippen molar-refractivity contribution < 1.29 is 13.9 Å². The monoisotopic (exact) mass is 278 g/mol. The quantitative estimate of drug-likeness (QED) is 0.358. The lowest BCUT2D eigenvalue weighted by Crippen LogP contribution is -2.69. The molecule has 0 bridgehead atoms. The molecule has 1 aromatic carbocycles. The first-order valence-electron chi connectivity index (χ1n) is 6.21. The molecule has 1 heterocycles. The Hall–Kier alpha value is -2.11. The van der Waals surface area contributed by atoms with Crippen molar-refractivity contribution in [1.82, 2.24) is 4.90 Å². The van der Waals surface area contributed by atoms with E-state index in [-0.39, 0.29) is 6.54 Å². The van der Waals surface area contributed by atoms with Crippen molar-refractivity contribution in [1.29, 1.82) is 0 Å². The van der Waals surface area contributed by atoms with Crippen LogP contribution in [0.15, 0.2) is 35.4 Å². The van der Waals surface area contributed by atoms with Gasteiger partial charge in [-0.15, -0.1) is 0 Å². The second-order valence-corrected chi connectivity index (χ2v) is 4.55. The van der Waals surface area contributed by atoms with Gasteiger partial charge in [0, 0.05) is 24.0 Å². The number of methoxy groups -OCH3 is 1. The molecule has 1 aliphatic heterocycles. The number of nitrogens with zero attached hydrogens (tertiary/aromatic N) is 4. The van der Waals surface area contributed by atoms with Gasteiger partial charge in [0.2, 0.25) is 0 Å². The zero-order valence-electron chi connectivity index (χ0n) is 11.0. The van der Waals surface area contributed by atoms with Gasteiger partial charge in [-0.1, -0.05) is 35.4 Å². The molecule has 1 aliphatic rings. The molecule has 0 aromatic heterocycles. The van der Waals surface area contributed by atoms with E-state index in [1.807, 2.05) is 30.3 Å². The molecule has 1 saturated heterocycles. The number of benzene rings is 1. The Balaban J connectivity index is 2.14. The minimum Gasteiger partial charge on any atom is -0.468 e. The summed E-state index contributed by atoms with van der Waals surface area (Å²) >= 11 is 0. The van der Waals surface area contributed by atoms with Crippen molar-refractivity contribution in [3.05, 3.63) is 46.3 Å². The van der Waals surface area contributed by atoms with E-state index >= 15 is 0 Å². The fourth-order valence-corrected chi connectivity index (χ4v) is 2.40. The van der Waals surface area contributed by atoms with Crippen LogP contribution in [0.5, 0.6) is 0 Å². The van der Waals surface area contributed by atoms with Crippen molar-refractivity contribution in [2.75, 3.05) is 13.7 Å². The van der Waals surface area contributed by atoms with Crippen LogP contribution in [0.1, 0.15) is 5.56 Å². The maximum Gasteiger partial charge on any atom is 0.326 e. The molecule has 0 amide bonds. The summed E-state index contributed by atoms with van der Waals surface area (Å²) in [5.41, 5.74) is 9.30. The van der Waals surface area contributed by atoms with E-state index in [1.165, 1.54) is 7.11 Å². The lowest BCUT2D eigenvalue weighted by atomic mass is 9.89. The van der Waals surface area contributed by atoms with Crippen LogP contribution in [0.4, 0.5) is 4.39 Å². The zero-order valence-corrected chi connectivity index (χ0v) is 11.0. The van der Waals surface area contributed by atoms with E-state index in [0.717, 1.165) is 5.56 Å². The lowest BCUT2D eigenvalue weighted by Gasteiger charge is -2.49. The number of alkyl halides is 1. The summed E-state index contributed by atoms with van der Waals surface area (Å²) in [7, 11) is 1.23. The molecular weight excluding hydrogens is 263 g/mol.